The average Bonchev–Trinajstić information content (AvgIpc) is 3.20. The molecule has 2 aromatic heterocycles. The van der Waals surface area contributed by atoms with E-state index in [0.29, 0.717) is 33.9 Å². The van der Waals surface area contributed by atoms with E-state index in [4.69, 9.17) is 0 Å². The Bertz CT molecular complexity index is 1350. The van der Waals surface area contributed by atoms with E-state index >= 15 is 0 Å². The molecule has 31 heavy (non-hydrogen) atoms. The first kappa shape index (κ1) is 20.8. The summed E-state index contributed by atoms with van der Waals surface area (Å²) in [4.78, 5) is 26.9. The lowest BCUT2D eigenvalue weighted by Crippen LogP contribution is -2.28. The van der Waals surface area contributed by atoms with Crippen molar-refractivity contribution in [2.75, 3.05) is 12.8 Å². The summed E-state index contributed by atoms with van der Waals surface area (Å²) in [7, 11) is 1.63. The molecule has 0 spiro atoms. The minimum Gasteiger partial charge on any atom is -0.341 e. The predicted molar refractivity (Wildman–Crippen MR) is 119 cm³/mol. The third kappa shape index (κ3) is 3.96. The normalized spacial score (nSPS) is 11.2. The number of amides is 1. The number of hydrogen-bond donors (Lipinski definition) is 0. The van der Waals surface area contributed by atoms with Crippen LogP contribution < -0.4 is 5.56 Å². The maximum absolute atomic E-state index is 13.9. The molecule has 1 amide bonds. The Kier molecular flexibility index (Phi) is 5.85. The molecule has 2 aromatic carbocycles. The predicted octanol–water partition coefficient (Wildman–Crippen LogP) is 3.12. The largest absolute Gasteiger partial charge is 0.341 e. The molecule has 4 rings (SSSR count). The number of thioether (sulfide) groups is 1. The lowest BCUT2D eigenvalue weighted by Gasteiger charge is -2.17. The van der Waals surface area contributed by atoms with E-state index in [9.17, 15) is 14.0 Å². The second kappa shape index (κ2) is 8.73. The van der Waals surface area contributed by atoms with Gasteiger partial charge >= 0.3 is 0 Å². The summed E-state index contributed by atoms with van der Waals surface area (Å²) in [5.41, 5.74) is 0.950. The van der Waals surface area contributed by atoms with Crippen molar-refractivity contribution < 1.29 is 9.18 Å². The van der Waals surface area contributed by atoms with Crippen LogP contribution in [0.1, 0.15) is 5.56 Å². The Balaban J connectivity index is 1.62. The SMILES string of the molecule is C=CCn1c(=O)c2ccccc2n2c(SCC(=O)N(C)Cc3ccccc3F)nnc12. The van der Waals surface area contributed by atoms with E-state index in [2.05, 4.69) is 16.8 Å². The summed E-state index contributed by atoms with van der Waals surface area (Å²) < 4.78 is 17.2. The number of fused-ring (bicyclic) bond motifs is 3. The average molecular weight is 438 g/mol. The highest BCUT2D eigenvalue weighted by Crippen LogP contribution is 2.22. The van der Waals surface area contributed by atoms with Crippen LogP contribution in [0.15, 0.2) is 71.1 Å². The fourth-order valence-electron chi connectivity index (χ4n) is 3.33. The molecule has 4 aromatic rings. The summed E-state index contributed by atoms with van der Waals surface area (Å²) in [5.74, 6) is -0.0300. The molecule has 0 bridgehead atoms. The molecule has 0 saturated heterocycles. The van der Waals surface area contributed by atoms with Gasteiger partial charge in [0, 0.05) is 25.7 Å². The maximum atomic E-state index is 13.9. The summed E-state index contributed by atoms with van der Waals surface area (Å²) in [6.07, 6.45) is 1.62. The molecule has 0 aliphatic rings. The fourth-order valence-corrected chi connectivity index (χ4v) is 4.21. The van der Waals surface area contributed by atoms with Crippen LogP contribution in [-0.2, 0) is 17.9 Å². The highest BCUT2D eigenvalue weighted by atomic mass is 32.2. The second-order valence-corrected chi connectivity index (χ2v) is 7.91. The standard InChI is InChI=1S/C22H20FN5O2S/c1-3-12-27-20(30)16-9-5-7-11-18(16)28-21(27)24-25-22(28)31-14-19(29)26(2)13-15-8-4-6-10-17(15)23/h3-11H,1,12-14H2,2H3. The molecule has 2 heterocycles. The van der Waals surface area contributed by atoms with Gasteiger partial charge in [0.2, 0.25) is 11.7 Å². The number of carbonyl (C=O) groups excluding carboxylic acids is 1. The molecule has 7 nitrogen and oxygen atoms in total. The van der Waals surface area contributed by atoms with Crippen LogP contribution in [0.4, 0.5) is 4.39 Å². The first-order valence-corrected chi connectivity index (χ1v) is 10.6. The van der Waals surface area contributed by atoms with Crippen LogP contribution in [-0.4, -0.2) is 42.8 Å². The summed E-state index contributed by atoms with van der Waals surface area (Å²) in [5, 5.41) is 9.42. The number of aromatic nitrogens is 4. The topological polar surface area (TPSA) is 72.5 Å². The Morgan fingerprint density at radius 2 is 1.94 bits per heavy atom. The molecule has 0 fully saturated rings. The Labute approximate surface area is 181 Å². The highest BCUT2D eigenvalue weighted by Gasteiger charge is 2.18. The van der Waals surface area contributed by atoms with Gasteiger partial charge < -0.3 is 4.90 Å². The number of nitrogens with zero attached hydrogens (tertiary/aromatic N) is 5. The van der Waals surface area contributed by atoms with Gasteiger partial charge in [0.15, 0.2) is 5.16 Å². The number of benzene rings is 2. The van der Waals surface area contributed by atoms with Crippen molar-refractivity contribution in [1.29, 1.82) is 0 Å². The van der Waals surface area contributed by atoms with Gasteiger partial charge in [-0.1, -0.05) is 48.2 Å². The van der Waals surface area contributed by atoms with Crippen molar-refractivity contribution in [2.24, 2.45) is 0 Å². The van der Waals surface area contributed by atoms with Crippen LogP contribution in [0, 0.1) is 5.82 Å². The van der Waals surface area contributed by atoms with Gasteiger partial charge in [-0.25, -0.2) is 4.39 Å². The number of allylic oxidation sites excluding steroid dienone is 1. The van der Waals surface area contributed by atoms with E-state index in [0.717, 1.165) is 0 Å². The molecule has 0 radical (unpaired) electrons. The number of halogens is 1. The first-order chi connectivity index (χ1) is 15.0. The third-order valence-corrected chi connectivity index (χ3v) is 5.82. The van der Waals surface area contributed by atoms with E-state index < -0.39 is 0 Å². The van der Waals surface area contributed by atoms with Crippen molar-refractivity contribution in [3.8, 4) is 0 Å². The van der Waals surface area contributed by atoms with Gasteiger partial charge in [0.1, 0.15) is 5.82 Å². The van der Waals surface area contributed by atoms with E-state index in [-0.39, 0.29) is 29.6 Å². The lowest BCUT2D eigenvalue weighted by molar-refractivity contribution is -0.127. The van der Waals surface area contributed by atoms with Crippen molar-refractivity contribution in [3.63, 3.8) is 0 Å². The zero-order chi connectivity index (χ0) is 22.0. The molecule has 0 atom stereocenters. The summed E-state index contributed by atoms with van der Waals surface area (Å²) in [6, 6.07) is 13.6. The number of para-hydroxylation sites is 1. The smallest absolute Gasteiger partial charge is 0.263 e. The highest BCUT2D eigenvalue weighted by molar-refractivity contribution is 7.99. The summed E-state index contributed by atoms with van der Waals surface area (Å²) >= 11 is 1.22. The molecule has 9 heteroatoms. The molecule has 0 unspecified atom stereocenters. The Hall–Kier alpha value is -3.46. The Morgan fingerprint density at radius 1 is 1.19 bits per heavy atom. The molecule has 0 saturated carbocycles. The van der Waals surface area contributed by atoms with Crippen LogP contribution in [0.25, 0.3) is 16.7 Å². The van der Waals surface area contributed by atoms with Crippen LogP contribution in [0.3, 0.4) is 0 Å². The van der Waals surface area contributed by atoms with Crippen molar-refractivity contribution >= 4 is 34.3 Å². The van der Waals surface area contributed by atoms with Gasteiger partial charge in [-0.3, -0.25) is 18.6 Å². The minimum atomic E-state index is -0.343. The molecule has 0 N–H and O–H groups in total. The number of rotatable bonds is 7. The Morgan fingerprint density at radius 3 is 2.71 bits per heavy atom. The van der Waals surface area contributed by atoms with E-state index in [1.807, 2.05) is 12.1 Å². The minimum absolute atomic E-state index is 0.0979. The van der Waals surface area contributed by atoms with Gasteiger partial charge in [-0.05, 0) is 18.2 Å². The van der Waals surface area contributed by atoms with Gasteiger partial charge in [0.25, 0.3) is 5.56 Å². The van der Waals surface area contributed by atoms with Crippen molar-refractivity contribution in [2.45, 2.75) is 18.2 Å². The van der Waals surface area contributed by atoms with Gasteiger partial charge in [-0.15, -0.1) is 16.8 Å². The quantitative estimate of drug-likeness (QED) is 0.328. The van der Waals surface area contributed by atoms with Gasteiger partial charge in [0.05, 0.1) is 16.7 Å². The zero-order valence-corrected chi connectivity index (χ0v) is 17.7. The van der Waals surface area contributed by atoms with Gasteiger partial charge in [-0.2, -0.15) is 0 Å². The molecular formula is C22H20FN5O2S. The number of carbonyl (C=O) groups is 1. The van der Waals surface area contributed by atoms with Crippen LogP contribution in [0.2, 0.25) is 0 Å². The molecule has 0 aliphatic heterocycles. The molecule has 158 valence electrons. The first-order valence-electron chi connectivity index (χ1n) is 9.59. The summed E-state index contributed by atoms with van der Waals surface area (Å²) in [6.45, 7) is 4.18. The lowest BCUT2D eigenvalue weighted by atomic mass is 10.2. The third-order valence-electron chi connectivity index (χ3n) is 4.91. The second-order valence-electron chi connectivity index (χ2n) is 6.97. The molecule has 0 aliphatic carbocycles. The fraction of sp³-hybridized carbons (Fsp3) is 0.182. The number of hydrogen-bond acceptors (Lipinski definition) is 5. The van der Waals surface area contributed by atoms with E-state index in [1.165, 1.54) is 27.3 Å². The van der Waals surface area contributed by atoms with Crippen molar-refractivity contribution in [3.05, 3.63) is 82.9 Å². The van der Waals surface area contributed by atoms with E-state index in [1.54, 1.807) is 47.9 Å². The monoisotopic (exact) mass is 437 g/mol. The molecular weight excluding hydrogens is 417 g/mol. The zero-order valence-electron chi connectivity index (χ0n) is 16.9. The maximum Gasteiger partial charge on any atom is 0.263 e. The van der Waals surface area contributed by atoms with Crippen LogP contribution >= 0.6 is 11.8 Å². The van der Waals surface area contributed by atoms with Crippen LogP contribution in [0.5, 0.6) is 0 Å². The van der Waals surface area contributed by atoms with Crippen molar-refractivity contribution in [1.82, 2.24) is 24.1 Å².